The van der Waals surface area contributed by atoms with Crippen LogP contribution in [0.25, 0.3) is 5.76 Å². The van der Waals surface area contributed by atoms with E-state index in [0.29, 0.717) is 43.0 Å². The molecule has 0 N–H and O–H groups in total. The van der Waals surface area contributed by atoms with Crippen molar-refractivity contribution in [2.45, 2.75) is 80.6 Å². The lowest BCUT2D eigenvalue weighted by atomic mass is 9.86. The molecule has 0 spiro atoms. The van der Waals surface area contributed by atoms with E-state index in [1.807, 2.05) is 97.0 Å². The molecule has 2 aromatic carbocycles. The zero-order valence-corrected chi connectivity index (χ0v) is 29.3. The standard InChI is InChI=1S/C26H31F3N2O5S.3C2H6.H2S/c1-4-13-31(25(32)34-18-19-8-6-5-7-9-19)14-12-20-15-21-10-11-22(33-3)17-23(21)24(16-20)35-36-37-30(2)26(27,28)29;3*1-2;/h5-11,16-17,20H,4,12-15,18H2,1-3H3;3*1-2H3;1H2. The van der Waals surface area contributed by atoms with Crippen LogP contribution in [-0.4, -0.2) is 48.8 Å². The minimum absolute atomic E-state index is 0. The lowest BCUT2D eigenvalue weighted by Gasteiger charge is -2.27. The molecule has 252 valence electrons. The normalized spacial score (nSPS) is 13.1. The van der Waals surface area contributed by atoms with Gasteiger partial charge in [0.05, 0.1) is 7.11 Å². The van der Waals surface area contributed by atoms with Gasteiger partial charge in [-0.1, -0.05) is 89.2 Å². The zero-order valence-electron chi connectivity index (χ0n) is 27.5. The van der Waals surface area contributed by atoms with Gasteiger partial charge in [-0.2, -0.15) is 26.7 Å². The Morgan fingerprint density at radius 1 is 1.00 bits per heavy atom. The number of carbonyl (C=O) groups excluding carboxylic acids is 1. The topological polar surface area (TPSA) is 60.5 Å². The number of methoxy groups -OCH3 is 1. The third-order valence-electron chi connectivity index (χ3n) is 5.80. The van der Waals surface area contributed by atoms with Crippen molar-refractivity contribution >= 4 is 37.6 Å². The maximum atomic E-state index is 12.8. The number of benzene rings is 2. The van der Waals surface area contributed by atoms with Crippen LogP contribution in [0.4, 0.5) is 18.0 Å². The Morgan fingerprint density at radius 2 is 1.64 bits per heavy atom. The lowest BCUT2D eigenvalue weighted by Crippen LogP contribution is -2.34. The summed E-state index contributed by atoms with van der Waals surface area (Å²) in [5.74, 6) is 0.843. The molecule has 0 radical (unpaired) electrons. The molecule has 1 aliphatic rings. The highest BCUT2D eigenvalue weighted by molar-refractivity contribution is 7.92. The van der Waals surface area contributed by atoms with Crippen molar-refractivity contribution in [3.8, 4) is 5.75 Å². The van der Waals surface area contributed by atoms with E-state index in [1.54, 1.807) is 11.0 Å². The van der Waals surface area contributed by atoms with Crippen LogP contribution in [0.15, 0.2) is 54.6 Å². The Kier molecular flexibility index (Phi) is 24.5. The second kappa shape index (κ2) is 24.7. The molecule has 7 nitrogen and oxygen atoms in total. The molecule has 0 saturated carbocycles. The van der Waals surface area contributed by atoms with Crippen molar-refractivity contribution in [1.29, 1.82) is 0 Å². The van der Waals surface area contributed by atoms with Crippen molar-refractivity contribution in [3.63, 3.8) is 0 Å². The van der Waals surface area contributed by atoms with Crippen LogP contribution >= 0.6 is 25.7 Å². The van der Waals surface area contributed by atoms with E-state index < -0.39 is 6.30 Å². The number of rotatable bonds is 12. The molecule has 0 heterocycles. The summed E-state index contributed by atoms with van der Waals surface area (Å²) in [5, 5.41) is 0. The Labute approximate surface area is 273 Å². The van der Waals surface area contributed by atoms with E-state index >= 15 is 0 Å². The number of amides is 1. The first-order chi connectivity index (χ1) is 20.7. The van der Waals surface area contributed by atoms with Gasteiger partial charge in [-0.25, -0.2) is 4.79 Å². The van der Waals surface area contributed by atoms with Crippen molar-refractivity contribution in [2.75, 3.05) is 27.2 Å². The van der Waals surface area contributed by atoms with Gasteiger partial charge in [0, 0.05) is 25.7 Å². The van der Waals surface area contributed by atoms with E-state index in [-0.39, 0.29) is 48.6 Å². The Bertz CT molecular complexity index is 1060. The molecular formula is C32H51F3N2O5S2. The quantitative estimate of drug-likeness (QED) is 0.0736. The number of fused-ring (bicyclic) bond motifs is 1. The molecule has 0 aliphatic heterocycles. The molecule has 1 aliphatic carbocycles. The minimum atomic E-state index is -4.57. The monoisotopic (exact) mass is 664 g/mol. The van der Waals surface area contributed by atoms with Gasteiger partial charge >= 0.3 is 12.4 Å². The van der Waals surface area contributed by atoms with Crippen LogP contribution in [0, 0.1) is 5.92 Å². The lowest BCUT2D eigenvalue weighted by molar-refractivity contribution is -0.208. The number of hydrogen-bond donors (Lipinski definition) is 0. The van der Waals surface area contributed by atoms with Crippen molar-refractivity contribution < 1.29 is 36.7 Å². The summed E-state index contributed by atoms with van der Waals surface area (Å²) in [5.41, 5.74) is 2.53. The SMILES string of the molecule is CC.CC.CC.CCCN(CCC1C=C(OOSN(C)C(F)(F)F)c2cc(OC)ccc2C1)C(=O)OCc1ccccc1.S. The number of nitrogens with zero attached hydrogens (tertiary/aromatic N) is 2. The number of ether oxygens (including phenoxy) is 2. The average molecular weight is 665 g/mol. The number of halogens is 3. The van der Waals surface area contributed by atoms with Crippen LogP contribution < -0.4 is 4.74 Å². The van der Waals surface area contributed by atoms with E-state index in [0.717, 1.165) is 24.6 Å². The summed E-state index contributed by atoms with van der Waals surface area (Å²) < 4.78 is 53.9. The fraction of sp³-hybridized carbons (Fsp3) is 0.531. The molecule has 44 heavy (non-hydrogen) atoms. The number of carbonyl (C=O) groups is 1. The molecule has 1 amide bonds. The van der Waals surface area contributed by atoms with Gasteiger partial charge in [0.2, 0.25) is 0 Å². The first kappa shape index (κ1) is 43.6. The Balaban J connectivity index is 0. The maximum Gasteiger partial charge on any atom is 0.471 e. The van der Waals surface area contributed by atoms with Gasteiger partial charge in [0.1, 0.15) is 24.6 Å². The molecule has 2 aromatic rings. The van der Waals surface area contributed by atoms with Crippen molar-refractivity contribution in [2.24, 2.45) is 5.92 Å². The van der Waals surface area contributed by atoms with Gasteiger partial charge in [-0.3, -0.25) is 0 Å². The molecule has 0 saturated heterocycles. The van der Waals surface area contributed by atoms with Gasteiger partial charge in [-0.05, 0) is 54.5 Å². The predicted octanol–water partition coefficient (Wildman–Crippen LogP) is 9.80. The van der Waals surface area contributed by atoms with Gasteiger partial charge in [-0.15, -0.1) is 4.31 Å². The molecular weight excluding hydrogens is 613 g/mol. The highest BCUT2D eigenvalue weighted by Crippen LogP contribution is 2.36. The van der Waals surface area contributed by atoms with E-state index in [4.69, 9.17) is 18.7 Å². The van der Waals surface area contributed by atoms with Gasteiger partial charge in [0.25, 0.3) is 0 Å². The summed E-state index contributed by atoms with van der Waals surface area (Å²) in [4.78, 5) is 19.7. The highest BCUT2D eigenvalue weighted by atomic mass is 32.2. The number of allylic oxidation sites excluding steroid dienone is 1. The summed E-state index contributed by atoms with van der Waals surface area (Å²) in [6, 6.07) is 14.9. The van der Waals surface area contributed by atoms with Gasteiger partial charge in [0.15, 0.2) is 5.76 Å². The summed E-state index contributed by atoms with van der Waals surface area (Å²) in [6.07, 6.45) is -1.10. The third-order valence-corrected chi connectivity index (χ3v) is 6.36. The largest absolute Gasteiger partial charge is 0.497 e. The molecule has 0 fully saturated rings. The van der Waals surface area contributed by atoms with Gasteiger partial charge < -0.3 is 19.3 Å². The zero-order chi connectivity index (χ0) is 32.8. The maximum absolute atomic E-state index is 12.8. The van der Waals surface area contributed by atoms with E-state index in [2.05, 4.69) is 0 Å². The van der Waals surface area contributed by atoms with Crippen LogP contribution in [0.2, 0.25) is 0 Å². The molecule has 12 heteroatoms. The predicted molar refractivity (Wildman–Crippen MR) is 179 cm³/mol. The third kappa shape index (κ3) is 15.5. The minimum Gasteiger partial charge on any atom is -0.497 e. The highest BCUT2D eigenvalue weighted by Gasteiger charge is 2.36. The van der Waals surface area contributed by atoms with Crippen LogP contribution in [0.3, 0.4) is 0 Å². The molecule has 1 unspecified atom stereocenters. The second-order valence-electron chi connectivity index (χ2n) is 8.53. The average Bonchev–Trinajstić information content (AvgIpc) is 3.04. The summed E-state index contributed by atoms with van der Waals surface area (Å²) in [7, 11) is 2.36. The van der Waals surface area contributed by atoms with Crippen LogP contribution in [0.1, 0.15) is 78.0 Å². The first-order valence-corrected chi connectivity index (χ1v) is 15.6. The number of alkyl halides is 3. The van der Waals surface area contributed by atoms with E-state index in [9.17, 15) is 18.0 Å². The molecule has 0 aromatic heterocycles. The van der Waals surface area contributed by atoms with Crippen molar-refractivity contribution in [3.05, 3.63) is 71.3 Å². The first-order valence-electron chi connectivity index (χ1n) is 14.9. The summed E-state index contributed by atoms with van der Waals surface area (Å²) >= 11 is 0.0398. The molecule has 0 bridgehead atoms. The molecule has 1 atom stereocenters. The molecule has 3 rings (SSSR count). The van der Waals surface area contributed by atoms with E-state index in [1.165, 1.54) is 7.11 Å². The fourth-order valence-corrected chi connectivity index (χ4v) is 4.11. The number of hydrogen-bond acceptors (Lipinski definition) is 7. The van der Waals surface area contributed by atoms with Crippen LogP contribution in [0.5, 0.6) is 5.75 Å². The fourth-order valence-electron chi connectivity index (χ4n) is 3.83. The van der Waals surface area contributed by atoms with Crippen molar-refractivity contribution in [1.82, 2.24) is 9.21 Å². The van der Waals surface area contributed by atoms with Crippen LogP contribution in [-0.2, 0) is 27.0 Å². The summed E-state index contributed by atoms with van der Waals surface area (Å²) in [6.45, 7) is 15.2. The Morgan fingerprint density at radius 3 is 2.20 bits per heavy atom. The second-order valence-corrected chi connectivity index (χ2v) is 9.36. The smallest absolute Gasteiger partial charge is 0.471 e. The Hall–Kier alpha value is -2.54.